The van der Waals surface area contributed by atoms with Crippen molar-refractivity contribution in [3.63, 3.8) is 0 Å². The Morgan fingerprint density at radius 3 is 0.889 bits per heavy atom. The first kappa shape index (κ1) is 50.2. The minimum absolute atomic E-state index is 0. The summed E-state index contributed by atoms with van der Waals surface area (Å²) < 4.78 is 0. The van der Waals surface area contributed by atoms with E-state index in [1.165, 1.54) is 6.92 Å². The summed E-state index contributed by atoms with van der Waals surface area (Å²) in [5.41, 5.74) is 0. The Morgan fingerprint density at radius 2 is 0.889 bits per heavy atom. The monoisotopic (exact) mass is 322 g/mol. The molecular formula is C2H12O5Rh2. The fourth-order valence-electron chi connectivity index (χ4n) is 0. The number of aliphatic hydroxyl groups excluding tert-OH is 1. The second-order valence-electron chi connectivity index (χ2n) is 0.632. The van der Waals surface area contributed by atoms with E-state index < -0.39 is 6.29 Å². The molecule has 0 amide bonds. The first-order valence-corrected chi connectivity index (χ1v) is 1.09. The number of hydrogen-bond donors (Lipinski definition) is 2. The maximum Gasteiger partial charge on any atom is 0.148 e. The number of rotatable bonds is 0. The van der Waals surface area contributed by atoms with Crippen LogP contribution in [-0.2, 0) is 39.0 Å². The molecule has 0 spiro atoms. The summed E-state index contributed by atoms with van der Waals surface area (Å²) >= 11 is 0. The third-order valence-electron chi connectivity index (χ3n) is 0. The topological polar surface area (TPSA) is 135 Å². The van der Waals surface area contributed by atoms with Gasteiger partial charge in [-0.2, -0.15) is 0 Å². The summed E-state index contributed by atoms with van der Waals surface area (Å²) in [6.45, 7) is 1.28. The molecule has 0 unspecified atom stereocenters. The smallest absolute Gasteiger partial charge is 0.148 e. The molecule has 0 saturated heterocycles. The molecule has 0 atom stereocenters. The van der Waals surface area contributed by atoms with Gasteiger partial charge >= 0.3 is 0 Å². The van der Waals surface area contributed by atoms with Crippen LogP contribution in [0.25, 0.3) is 0 Å². The standard InChI is InChI=1S/C2H6O2.3H2O.2Rh/c1-2(3)4;;;;;/h2-4H,1H3;3*1H2;;. The predicted octanol–water partition coefficient (Wildman–Crippen LogP) is -3.16. The van der Waals surface area contributed by atoms with Crippen molar-refractivity contribution >= 4 is 0 Å². The van der Waals surface area contributed by atoms with Crippen LogP contribution in [-0.4, -0.2) is 32.9 Å². The molecule has 0 aliphatic heterocycles. The Balaban J connectivity index is -0.00000000450. The number of hydrogen-bond acceptors (Lipinski definition) is 2. The SMILES string of the molecule is CC(O)O.O.O.O.[Rh].[Rh]. The van der Waals surface area contributed by atoms with Crippen LogP contribution in [0.15, 0.2) is 0 Å². The van der Waals surface area contributed by atoms with E-state index in [0.717, 1.165) is 0 Å². The number of aliphatic hydroxyl groups is 2. The molecule has 0 aliphatic rings. The van der Waals surface area contributed by atoms with E-state index in [4.69, 9.17) is 10.2 Å². The van der Waals surface area contributed by atoms with E-state index >= 15 is 0 Å². The van der Waals surface area contributed by atoms with Crippen LogP contribution in [0.4, 0.5) is 0 Å². The molecule has 9 heavy (non-hydrogen) atoms. The van der Waals surface area contributed by atoms with Gasteiger partial charge in [0.25, 0.3) is 0 Å². The molecule has 0 rings (SSSR count). The van der Waals surface area contributed by atoms with Crippen molar-refractivity contribution < 1.29 is 65.6 Å². The fourth-order valence-corrected chi connectivity index (χ4v) is 0. The third-order valence-corrected chi connectivity index (χ3v) is 0. The van der Waals surface area contributed by atoms with Gasteiger partial charge in [0.1, 0.15) is 6.29 Å². The first-order chi connectivity index (χ1) is 1.73. The molecule has 68 valence electrons. The summed E-state index contributed by atoms with van der Waals surface area (Å²) in [5, 5.41) is 15.2. The van der Waals surface area contributed by atoms with E-state index in [2.05, 4.69) is 0 Å². The van der Waals surface area contributed by atoms with Gasteiger partial charge in [0, 0.05) is 39.0 Å². The van der Waals surface area contributed by atoms with E-state index in [-0.39, 0.29) is 55.4 Å². The van der Waals surface area contributed by atoms with Crippen molar-refractivity contribution in [1.29, 1.82) is 0 Å². The van der Waals surface area contributed by atoms with Crippen LogP contribution in [0.3, 0.4) is 0 Å². The van der Waals surface area contributed by atoms with Gasteiger partial charge in [0.05, 0.1) is 0 Å². The predicted molar refractivity (Wildman–Crippen MR) is 24.7 cm³/mol. The Hall–Kier alpha value is 1.05. The third kappa shape index (κ3) is 410. The Labute approximate surface area is 78.9 Å². The van der Waals surface area contributed by atoms with Crippen molar-refractivity contribution in [2.75, 3.05) is 0 Å². The Kier molecular flexibility index (Phi) is 200. The van der Waals surface area contributed by atoms with E-state index in [9.17, 15) is 0 Å². The summed E-state index contributed by atoms with van der Waals surface area (Å²) in [5.74, 6) is 0. The zero-order valence-corrected chi connectivity index (χ0v) is 7.92. The maximum atomic E-state index is 7.61. The fraction of sp³-hybridized carbons (Fsp3) is 1.00. The quantitative estimate of drug-likeness (QED) is 0.360. The van der Waals surface area contributed by atoms with Crippen LogP contribution in [0, 0.1) is 0 Å². The van der Waals surface area contributed by atoms with Gasteiger partial charge in [0.15, 0.2) is 0 Å². The molecular weight excluding hydrogens is 310 g/mol. The normalized spacial score (nSPS) is 4.00. The van der Waals surface area contributed by atoms with E-state index in [1.807, 2.05) is 0 Å². The molecule has 8 N–H and O–H groups in total. The van der Waals surface area contributed by atoms with Crippen molar-refractivity contribution in [2.45, 2.75) is 13.2 Å². The van der Waals surface area contributed by atoms with Gasteiger partial charge in [-0.1, -0.05) is 0 Å². The molecule has 0 saturated carbocycles. The largest absolute Gasteiger partial charge is 0.412 e. The van der Waals surface area contributed by atoms with Crippen molar-refractivity contribution in [3.8, 4) is 0 Å². The van der Waals surface area contributed by atoms with Gasteiger partial charge in [-0.3, -0.25) is 0 Å². The summed E-state index contributed by atoms with van der Waals surface area (Å²) in [7, 11) is 0. The van der Waals surface area contributed by atoms with Gasteiger partial charge in [-0.05, 0) is 6.92 Å². The Bertz CT molecular complexity index is 17.7. The second kappa shape index (κ2) is 35.8. The van der Waals surface area contributed by atoms with Gasteiger partial charge < -0.3 is 26.6 Å². The van der Waals surface area contributed by atoms with Crippen molar-refractivity contribution in [2.24, 2.45) is 0 Å². The van der Waals surface area contributed by atoms with Gasteiger partial charge in [0.2, 0.25) is 0 Å². The minimum atomic E-state index is -1.17. The maximum absolute atomic E-state index is 7.61. The molecule has 0 aromatic rings. The summed E-state index contributed by atoms with van der Waals surface area (Å²) in [6, 6.07) is 0. The van der Waals surface area contributed by atoms with Crippen LogP contribution in [0.1, 0.15) is 6.92 Å². The minimum Gasteiger partial charge on any atom is -0.412 e. The van der Waals surface area contributed by atoms with Gasteiger partial charge in [-0.15, -0.1) is 0 Å². The van der Waals surface area contributed by atoms with Crippen molar-refractivity contribution in [3.05, 3.63) is 0 Å². The van der Waals surface area contributed by atoms with Crippen molar-refractivity contribution in [1.82, 2.24) is 0 Å². The molecule has 0 bridgehead atoms. The molecule has 2 radical (unpaired) electrons. The molecule has 0 aromatic heterocycles. The zero-order chi connectivity index (χ0) is 3.58. The molecule has 0 fully saturated rings. The molecule has 0 heterocycles. The van der Waals surface area contributed by atoms with E-state index in [0.29, 0.717) is 0 Å². The zero-order valence-electron chi connectivity index (χ0n) is 4.64. The van der Waals surface area contributed by atoms with Crippen LogP contribution >= 0.6 is 0 Å². The first-order valence-electron chi connectivity index (χ1n) is 1.09. The van der Waals surface area contributed by atoms with Crippen LogP contribution < -0.4 is 0 Å². The van der Waals surface area contributed by atoms with Crippen LogP contribution in [0.5, 0.6) is 0 Å². The molecule has 7 heteroatoms. The molecule has 5 nitrogen and oxygen atoms in total. The Morgan fingerprint density at radius 1 is 0.889 bits per heavy atom. The van der Waals surface area contributed by atoms with E-state index in [1.54, 1.807) is 0 Å². The average molecular weight is 322 g/mol. The second-order valence-corrected chi connectivity index (χ2v) is 0.632. The summed E-state index contributed by atoms with van der Waals surface area (Å²) in [6.07, 6.45) is -1.17. The summed E-state index contributed by atoms with van der Waals surface area (Å²) in [4.78, 5) is 0. The van der Waals surface area contributed by atoms with Crippen LogP contribution in [0.2, 0.25) is 0 Å². The van der Waals surface area contributed by atoms with Gasteiger partial charge in [-0.25, -0.2) is 0 Å². The molecule has 0 aliphatic carbocycles. The average Bonchev–Trinajstić information content (AvgIpc) is 0.811. The molecule has 0 aromatic carbocycles.